The van der Waals surface area contributed by atoms with E-state index < -0.39 is 5.60 Å². The molecule has 3 aromatic heterocycles. The number of benzene rings is 1. The van der Waals surface area contributed by atoms with Crippen LogP contribution in [-0.2, 0) is 9.53 Å². The van der Waals surface area contributed by atoms with Crippen molar-refractivity contribution in [2.75, 3.05) is 19.0 Å². The highest BCUT2D eigenvalue weighted by atomic mass is 16.6. The van der Waals surface area contributed by atoms with Crippen molar-refractivity contribution in [2.24, 2.45) is 0 Å². The van der Waals surface area contributed by atoms with E-state index in [0.29, 0.717) is 5.82 Å². The average molecular weight is 449 g/mol. The van der Waals surface area contributed by atoms with Crippen LogP contribution in [-0.4, -0.2) is 39.8 Å². The van der Waals surface area contributed by atoms with Crippen molar-refractivity contribution >= 4 is 17.4 Å². The summed E-state index contributed by atoms with van der Waals surface area (Å²) in [5, 5.41) is 7.29. The molecule has 172 valence electrons. The number of hydrogen-bond donors (Lipinski definition) is 1. The monoisotopic (exact) mass is 448 g/mol. The molecule has 0 aliphatic rings. The second-order valence-corrected chi connectivity index (χ2v) is 8.82. The lowest BCUT2D eigenvalue weighted by Gasteiger charge is -2.19. The van der Waals surface area contributed by atoms with Gasteiger partial charge in [-0.25, -0.2) is 4.98 Å². The number of ether oxygens (including phenoxy) is 2. The molecule has 1 N–H and O–H groups in total. The molecule has 8 nitrogen and oxygen atoms in total. The molecular weight excluding hydrogens is 420 g/mol. The summed E-state index contributed by atoms with van der Waals surface area (Å²) in [5.41, 5.74) is 4.52. The predicted octanol–water partition coefficient (Wildman–Crippen LogP) is 5.04. The lowest BCUT2D eigenvalue weighted by atomic mass is 10.1. The average Bonchev–Trinajstić information content (AvgIpc) is 3.29. The second kappa shape index (κ2) is 8.61. The minimum atomic E-state index is -0.555. The van der Waals surface area contributed by atoms with Crippen molar-refractivity contribution in [3.63, 3.8) is 0 Å². The number of aryl methyl sites for hydroxylation is 2. The Hall–Kier alpha value is -3.81. The number of nitrogens with one attached hydrogen (secondary N) is 1. The van der Waals surface area contributed by atoms with Gasteiger partial charge in [0.25, 0.3) is 0 Å². The van der Waals surface area contributed by atoms with Gasteiger partial charge in [-0.15, -0.1) is 0 Å². The third-order valence-corrected chi connectivity index (χ3v) is 5.13. The Bertz CT molecular complexity index is 1280. The zero-order valence-electron chi connectivity index (χ0n) is 19.7. The molecule has 33 heavy (non-hydrogen) atoms. The van der Waals surface area contributed by atoms with Crippen molar-refractivity contribution in [1.29, 1.82) is 0 Å². The number of carbonyl (C=O) groups excluding carboxylic acids is 1. The maximum atomic E-state index is 12.4. The zero-order valence-corrected chi connectivity index (χ0v) is 19.7. The molecule has 0 aliphatic heterocycles. The van der Waals surface area contributed by atoms with Crippen LogP contribution in [0.2, 0.25) is 0 Å². The molecule has 4 rings (SSSR count). The minimum absolute atomic E-state index is 0.0137. The topological polar surface area (TPSA) is 90.9 Å². The molecule has 0 saturated heterocycles. The highest BCUT2D eigenvalue weighted by Crippen LogP contribution is 2.33. The first-order valence-electron chi connectivity index (χ1n) is 10.7. The van der Waals surface area contributed by atoms with Crippen LogP contribution in [0.4, 0.5) is 5.82 Å². The fourth-order valence-corrected chi connectivity index (χ4v) is 3.75. The Balaban J connectivity index is 1.77. The molecule has 0 spiro atoms. The molecule has 0 unspecified atom stereocenters. The standard InChI is InChI=1S/C25H28N4O4/c1-15-22(16(2)33-28-15)18-11-12-29-20(13-18)27-23(17-7-9-19(31-6)10-8-17)24(29)26-14-21(30)32-25(3,4)5/h7-13,26H,14H2,1-6H3. The maximum Gasteiger partial charge on any atom is 0.325 e. The van der Waals surface area contributed by atoms with E-state index in [1.54, 1.807) is 7.11 Å². The van der Waals surface area contributed by atoms with Crippen molar-refractivity contribution in [3.05, 3.63) is 54.0 Å². The molecule has 0 radical (unpaired) electrons. The van der Waals surface area contributed by atoms with Gasteiger partial charge in [-0.3, -0.25) is 9.20 Å². The molecule has 0 saturated carbocycles. The number of methoxy groups -OCH3 is 1. The fourth-order valence-electron chi connectivity index (χ4n) is 3.75. The normalized spacial score (nSPS) is 11.6. The van der Waals surface area contributed by atoms with E-state index in [2.05, 4.69) is 10.5 Å². The molecule has 4 aromatic rings. The van der Waals surface area contributed by atoms with E-state index >= 15 is 0 Å². The van der Waals surface area contributed by atoms with Crippen LogP contribution in [0.5, 0.6) is 5.75 Å². The molecule has 1 aromatic carbocycles. The molecule has 0 amide bonds. The minimum Gasteiger partial charge on any atom is -0.497 e. The number of anilines is 1. The van der Waals surface area contributed by atoms with Gasteiger partial charge < -0.3 is 19.3 Å². The molecule has 0 bridgehead atoms. The number of esters is 1. The Morgan fingerprint density at radius 3 is 2.45 bits per heavy atom. The van der Waals surface area contributed by atoms with Crippen LogP contribution in [0.3, 0.4) is 0 Å². The van der Waals surface area contributed by atoms with Crippen LogP contribution >= 0.6 is 0 Å². The summed E-state index contributed by atoms with van der Waals surface area (Å²) in [7, 11) is 1.63. The number of rotatable bonds is 6. The van der Waals surface area contributed by atoms with Gasteiger partial charge in [0, 0.05) is 17.3 Å². The molecule has 0 aliphatic carbocycles. The summed E-state index contributed by atoms with van der Waals surface area (Å²) in [6, 6.07) is 11.6. The van der Waals surface area contributed by atoms with Crippen LogP contribution in [0.15, 0.2) is 47.1 Å². The SMILES string of the molecule is COc1ccc(-c2nc3cc(-c4c(C)noc4C)ccn3c2NCC(=O)OC(C)(C)C)cc1. The van der Waals surface area contributed by atoms with Gasteiger partial charge in [-0.1, -0.05) is 5.16 Å². The highest BCUT2D eigenvalue weighted by molar-refractivity contribution is 5.82. The predicted molar refractivity (Wildman–Crippen MR) is 126 cm³/mol. The number of pyridine rings is 1. The summed E-state index contributed by atoms with van der Waals surface area (Å²) >= 11 is 0. The van der Waals surface area contributed by atoms with E-state index in [1.165, 1.54) is 0 Å². The van der Waals surface area contributed by atoms with E-state index in [0.717, 1.165) is 45.2 Å². The molecular formula is C25H28N4O4. The second-order valence-electron chi connectivity index (χ2n) is 8.82. The summed E-state index contributed by atoms with van der Waals surface area (Å²) in [4.78, 5) is 17.2. The smallest absolute Gasteiger partial charge is 0.325 e. The van der Waals surface area contributed by atoms with E-state index in [4.69, 9.17) is 19.0 Å². The number of hydrogen-bond acceptors (Lipinski definition) is 7. The van der Waals surface area contributed by atoms with Crippen LogP contribution < -0.4 is 10.1 Å². The van der Waals surface area contributed by atoms with Crippen molar-refractivity contribution < 1.29 is 18.8 Å². The quantitative estimate of drug-likeness (QED) is 0.413. The van der Waals surface area contributed by atoms with Crippen molar-refractivity contribution in [3.8, 4) is 28.1 Å². The number of fused-ring (bicyclic) bond motifs is 1. The molecule has 0 fully saturated rings. The van der Waals surface area contributed by atoms with Crippen molar-refractivity contribution in [2.45, 2.75) is 40.2 Å². The summed E-state index contributed by atoms with van der Waals surface area (Å²) < 4.78 is 18.0. The Labute approximate surface area is 192 Å². The summed E-state index contributed by atoms with van der Waals surface area (Å²) in [6.45, 7) is 9.36. The Kier molecular flexibility index (Phi) is 5.84. The zero-order chi connectivity index (χ0) is 23.8. The number of aromatic nitrogens is 3. The number of imidazole rings is 1. The number of nitrogens with zero attached hydrogens (tertiary/aromatic N) is 3. The first-order chi connectivity index (χ1) is 15.7. The van der Waals surface area contributed by atoms with E-state index in [-0.39, 0.29) is 12.5 Å². The van der Waals surface area contributed by atoms with Gasteiger partial charge in [0.15, 0.2) is 0 Å². The molecule has 3 heterocycles. The van der Waals surface area contributed by atoms with Gasteiger partial charge in [0.1, 0.15) is 40.8 Å². The molecule has 8 heteroatoms. The third-order valence-electron chi connectivity index (χ3n) is 5.13. The highest BCUT2D eigenvalue weighted by Gasteiger charge is 2.20. The first kappa shape index (κ1) is 22.4. The third kappa shape index (κ3) is 4.69. The fraction of sp³-hybridized carbons (Fsp3) is 0.320. The van der Waals surface area contributed by atoms with Gasteiger partial charge in [0.05, 0.1) is 12.8 Å². The first-order valence-corrected chi connectivity index (χ1v) is 10.7. The van der Waals surface area contributed by atoms with Crippen LogP contribution in [0.25, 0.3) is 28.0 Å². The number of carbonyl (C=O) groups is 1. The van der Waals surface area contributed by atoms with Gasteiger partial charge >= 0.3 is 5.97 Å². The van der Waals surface area contributed by atoms with E-state index in [1.807, 2.05) is 81.6 Å². The van der Waals surface area contributed by atoms with E-state index in [9.17, 15) is 4.79 Å². The van der Waals surface area contributed by atoms with Gasteiger partial charge in [-0.05, 0) is 76.6 Å². The summed E-state index contributed by atoms with van der Waals surface area (Å²) in [5.74, 6) is 1.87. The Morgan fingerprint density at radius 1 is 1.12 bits per heavy atom. The van der Waals surface area contributed by atoms with Crippen molar-refractivity contribution in [1.82, 2.24) is 14.5 Å². The van der Waals surface area contributed by atoms with Gasteiger partial charge in [-0.2, -0.15) is 0 Å². The Morgan fingerprint density at radius 2 is 1.85 bits per heavy atom. The maximum absolute atomic E-state index is 12.4. The molecule has 0 atom stereocenters. The van der Waals surface area contributed by atoms with Gasteiger partial charge in [0.2, 0.25) is 0 Å². The largest absolute Gasteiger partial charge is 0.497 e. The van der Waals surface area contributed by atoms with Crippen LogP contribution in [0, 0.1) is 13.8 Å². The summed E-state index contributed by atoms with van der Waals surface area (Å²) in [6.07, 6.45) is 1.92. The lowest BCUT2D eigenvalue weighted by molar-refractivity contribution is -0.152. The lowest BCUT2D eigenvalue weighted by Crippen LogP contribution is -2.28. The van der Waals surface area contributed by atoms with Crippen LogP contribution in [0.1, 0.15) is 32.2 Å².